The van der Waals surface area contributed by atoms with Crippen LogP contribution < -0.4 is 15.8 Å². The lowest BCUT2D eigenvalue weighted by Gasteiger charge is -2.15. The van der Waals surface area contributed by atoms with Crippen molar-refractivity contribution in [1.29, 1.82) is 0 Å². The second-order valence-electron chi connectivity index (χ2n) is 6.06. The maximum Gasteiger partial charge on any atom is 0.127 e. The van der Waals surface area contributed by atoms with Gasteiger partial charge >= 0.3 is 0 Å². The first-order valence-electron chi connectivity index (χ1n) is 8.58. The lowest BCUT2D eigenvalue weighted by molar-refractivity contribution is 0.118. The van der Waals surface area contributed by atoms with Crippen molar-refractivity contribution in [1.82, 2.24) is 0 Å². The Balaban J connectivity index is 1.51. The molecule has 0 saturated heterocycles. The first-order valence-corrected chi connectivity index (χ1v) is 8.58. The van der Waals surface area contributed by atoms with Gasteiger partial charge in [-0.05, 0) is 42.1 Å². The summed E-state index contributed by atoms with van der Waals surface area (Å²) in [5, 5.41) is 15.6. The fourth-order valence-electron chi connectivity index (χ4n) is 2.76. The second kappa shape index (κ2) is 8.51. The van der Waals surface area contributed by atoms with Crippen LogP contribution in [0.25, 0.3) is 10.8 Å². The Morgan fingerprint density at radius 3 is 2.52 bits per heavy atom. The summed E-state index contributed by atoms with van der Waals surface area (Å²) in [7, 11) is 0. The monoisotopic (exact) mass is 336 g/mol. The Hall–Kier alpha value is -2.56. The highest BCUT2D eigenvalue weighted by Gasteiger charge is 2.07. The van der Waals surface area contributed by atoms with Crippen molar-refractivity contribution >= 4 is 16.5 Å². The zero-order valence-electron chi connectivity index (χ0n) is 14.2. The first-order chi connectivity index (χ1) is 12.3. The number of nitrogens with one attached hydrogen (secondary N) is 1. The van der Waals surface area contributed by atoms with Crippen LogP contribution in [0, 0.1) is 0 Å². The van der Waals surface area contributed by atoms with Crippen molar-refractivity contribution in [3.05, 3.63) is 72.3 Å². The Morgan fingerprint density at radius 2 is 1.72 bits per heavy atom. The molecule has 4 heteroatoms. The van der Waals surface area contributed by atoms with E-state index in [0.29, 0.717) is 13.1 Å². The van der Waals surface area contributed by atoms with E-state index in [0.717, 1.165) is 28.6 Å². The maximum absolute atomic E-state index is 10.2. The van der Waals surface area contributed by atoms with Gasteiger partial charge in [0.15, 0.2) is 0 Å². The minimum atomic E-state index is -0.595. The number of aliphatic hydroxyl groups excluding tert-OH is 1. The molecule has 1 unspecified atom stereocenters. The predicted octanol–water partition coefficient (Wildman–Crippen LogP) is 3.19. The molecule has 0 aromatic heterocycles. The van der Waals surface area contributed by atoms with Crippen molar-refractivity contribution in [2.45, 2.75) is 12.5 Å². The molecule has 4 nitrogen and oxygen atoms in total. The quantitative estimate of drug-likeness (QED) is 0.591. The SMILES string of the molecule is NCCc1ccc(NCC(O)COc2cccc3ccccc23)cc1. The van der Waals surface area contributed by atoms with Crippen LogP contribution in [0.4, 0.5) is 5.69 Å². The third kappa shape index (κ3) is 4.72. The number of ether oxygens (including phenoxy) is 1. The summed E-state index contributed by atoms with van der Waals surface area (Å²) < 4.78 is 5.82. The van der Waals surface area contributed by atoms with E-state index in [9.17, 15) is 5.11 Å². The summed E-state index contributed by atoms with van der Waals surface area (Å²) in [6, 6.07) is 22.1. The minimum Gasteiger partial charge on any atom is -0.490 e. The highest BCUT2D eigenvalue weighted by atomic mass is 16.5. The molecule has 0 amide bonds. The molecule has 3 aromatic rings. The van der Waals surface area contributed by atoms with Gasteiger partial charge in [-0.25, -0.2) is 0 Å². The molecule has 130 valence electrons. The van der Waals surface area contributed by atoms with Gasteiger partial charge in [-0.15, -0.1) is 0 Å². The molecule has 0 fully saturated rings. The second-order valence-corrected chi connectivity index (χ2v) is 6.06. The first kappa shape index (κ1) is 17.3. The van der Waals surface area contributed by atoms with E-state index >= 15 is 0 Å². The molecule has 0 aliphatic heterocycles. The molecule has 0 radical (unpaired) electrons. The van der Waals surface area contributed by atoms with E-state index in [2.05, 4.69) is 17.4 Å². The van der Waals surface area contributed by atoms with Gasteiger partial charge in [0.2, 0.25) is 0 Å². The van der Waals surface area contributed by atoms with Crippen molar-refractivity contribution in [2.24, 2.45) is 5.73 Å². The van der Waals surface area contributed by atoms with Gasteiger partial charge in [0.1, 0.15) is 18.5 Å². The fourth-order valence-corrected chi connectivity index (χ4v) is 2.76. The molecule has 25 heavy (non-hydrogen) atoms. The summed E-state index contributed by atoms with van der Waals surface area (Å²) in [5.74, 6) is 0.795. The Labute approximate surface area is 148 Å². The maximum atomic E-state index is 10.2. The van der Waals surface area contributed by atoms with Gasteiger partial charge in [-0.2, -0.15) is 0 Å². The van der Waals surface area contributed by atoms with Crippen LogP contribution in [0.5, 0.6) is 5.75 Å². The highest BCUT2D eigenvalue weighted by molar-refractivity contribution is 5.88. The van der Waals surface area contributed by atoms with Crippen molar-refractivity contribution < 1.29 is 9.84 Å². The molecule has 0 spiro atoms. The Morgan fingerprint density at radius 1 is 0.960 bits per heavy atom. The number of benzene rings is 3. The van der Waals surface area contributed by atoms with E-state index in [1.165, 1.54) is 5.56 Å². The van der Waals surface area contributed by atoms with Crippen LogP contribution in [0.15, 0.2) is 66.7 Å². The standard InChI is InChI=1S/C21H24N2O2/c22-13-12-16-8-10-18(11-9-16)23-14-19(24)15-25-21-7-3-5-17-4-1-2-6-20(17)21/h1-11,19,23-24H,12-15,22H2. The average molecular weight is 336 g/mol. The van der Waals surface area contributed by atoms with Crippen LogP contribution in [0.3, 0.4) is 0 Å². The number of fused-ring (bicyclic) bond motifs is 1. The van der Waals surface area contributed by atoms with Gasteiger partial charge in [-0.1, -0.05) is 48.5 Å². The molecule has 4 N–H and O–H groups in total. The molecule has 0 aliphatic carbocycles. The molecule has 0 bridgehead atoms. The third-order valence-corrected chi connectivity index (χ3v) is 4.11. The van der Waals surface area contributed by atoms with Gasteiger partial charge in [-0.3, -0.25) is 0 Å². The van der Waals surface area contributed by atoms with Crippen molar-refractivity contribution in [3.8, 4) is 5.75 Å². The predicted molar refractivity (Wildman–Crippen MR) is 103 cm³/mol. The molecule has 1 atom stereocenters. The fraction of sp³-hybridized carbons (Fsp3) is 0.238. The summed E-state index contributed by atoms with van der Waals surface area (Å²) >= 11 is 0. The lowest BCUT2D eigenvalue weighted by Crippen LogP contribution is -2.26. The number of rotatable bonds is 8. The zero-order chi connectivity index (χ0) is 17.5. The molecule has 3 rings (SSSR count). The summed E-state index contributed by atoms with van der Waals surface area (Å²) in [6.45, 7) is 1.32. The number of hydrogen-bond donors (Lipinski definition) is 3. The zero-order valence-corrected chi connectivity index (χ0v) is 14.2. The smallest absolute Gasteiger partial charge is 0.127 e. The van der Waals surface area contributed by atoms with Gasteiger partial charge in [0.05, 0.1) is 0 Å². The van der Waals surface area contributed by atoms with Crippen LogP contribution in [0.1, 0.15) is 5.56 Å². The minimum absolute atomic E-state index is 0.242. The van der Waals surface area contributed by atoms with Crippen LogP contribution >= 0.6 is 0 Å². The van der Waals surface area contributed by atoms with E-state index in [4.69, 9.17) is 10.5 Å². The summed E-state index contributed by atoms with van der Waals surface area (Å²) in [6.07, 6.45) is 0.282. The topological polar surface area (TPSA) is 67.5 Å². The van der Waals surface area contributed by atoms with Crippen LogP contribution in [0.2, 0.25) is 0 Å². The molecular formula is C21H24N2O2. The van der Waals surface area contributed by atoms with Crippen LogP contribution in [-0.2, 0) is 6.42 Å². The summed E-state index contributed by atoms with van der Waals surface area (Å²) in [5.41, 5.74) is 7.74. The van der Waals surface area contributed by atoms with E-state index in [-0.39, 0.29) is 6.61 Å². The van der Waals surface area contributed by atoms with E-state index in [1.807, 2.05) is 54.6 Å². The normalized spacial score (nSPS) is 12.1. The molecule has 0 aliphatic rings. The molecule has 0 saturated carbocycles. The average Bonchev–Trinajstić information content (AvgIpc) is 2.66. The number of nitrogens with two attached hydrogens (primary N) is 1. The van der Waals surface area contributed by atoms with E-state index < -0.39 is 6.10 Å². The van der Waals surface area contributed by atoms with E-state index in [1.54, 1.807) is 0 Å². The van der Waals surface area contributed by atoms with Crippen LogP contribution in [-0.4, -0.2) is 30.9 Å². The largest absolute Gasteiger partial charge is 0.490 e. The van der Waals surface area contributed by atoms with Gasteiger partial charge in [0.25, 0.3) is 0 Å². The third-order valence-electron chi connectivity index (χ3n) is 4.11. The van der Waals surface area contributed by atoms with Crippen molar-refractivity contribution in [2.75, 3.05) is 25.0 Å². The van der Waals surface area contributed by atoms with Gasteiger partial charge < -0.3 is 20.9 Å². The number of anilines is 1. The number of hydrogen-bond acceptors (Lipinski definition) is 4. The Kier molecular flexibility index (Phi) is 5.88. The molecular weight excluding hydrogens is 312 g/mol. The molecule has 0 heterocycles. The van der Waals surface area contributed by atoms with Crippen molar-refractivity contribution in [3.63, 3.8) is 0 Å². The number of aliphatic hydroxyl groups is 1. The van der Waals surface area contributed by atoms with Gasteiger partial charge in [0, 0.05) is 17.6 Å². The molecule has 3 aromatic carbocycles. The lowest BCUT2D eigenvalue weighted by atomic mass is 10.1. The highest BCUT2D eigenvalue weighted by Crippen LogP contribution is 2.25. The Bertz CT molecular complexity index is 797. The summed E-state index contributed by atoms with van der Waals surface area (Å²) in [4.78, 5) is 0.